The number of rotatable bonds is 7. The van der Waals surface area contributed by atoms with E-state index in [1.54, 1.807) is 31.3 Å². The van der Waals surface area contributed by atoms with Gasteiger partial charge in [-0.15, -0.1) is 0 Å². The molecular formula is C18H22N4O3S. The SMILES string of the molecule is CCNC(=O)C(C#N)C1S/C(=C/Nc2cccc(CO)c2)C(=O)N1CC. The topological polar surface area (TPSA) is 105 Å². The van der Waals surface area contributed by atoms with Crippen LogP contribution in [0.2, 0.25) is 0 Å². The van der Waals surface area contributed by atoms with Crippen molar-refractivity contribution < 1.29 is 14.7 Å². The predicted octanol–water partition coefficient (Wildman–Crippen LogP) is 1.63. The van der Waals surface area contributed by atoms with E-state index in [0.717, 1.165) is 11.3 Å². The molecule has 1 fully saturated rings. The zero-order valence-corrected chi connectivity index (χ0v) is 15.5. The van der Waals surface area contributed by atoms with Crippen LogP contribution < -0.4 is 10.6 Å². The molecule has 2 rings (SSSR count). The normalized spacial score (nSPS) is 19.3. The maximum absolute atomic E-state index is 12.6. The van der Waals surface area contributed by atoms with Crippen molar-refractivity contribution in [1.29, 1.82) is 5.26 Å². The fourth-order valence-corrected chi connectivity index (χ4v) is 3.91. The number of carbonyl (C=O) groups is 2. The van der Waals surface area contributed by atoms with Crippen molar-refractivity contribution in [2.45, 2.75) is 25.8 Å². The molecule has 138 valence electrons. The van der Waals surface area contributed by atoms with Crippen molar-refractivity contribution in [2.24, 2.45) is 5.92 Å². The van der Waals surface area contributed by atoms with Crippen LogP contribution in [0.15, 0.2) is 35.4 Å². The summed E-state index contributed by atoms with van der Waals surface area (Å²) in [5.74, 6) is -1.52. The van der Waals surface area contributed by atoms with Gasteiger partial charge in [-0.25, -0.2) is 0 Å². The van der Waals surface area contributed by atoms with E-state index in [1.807, 2.05) is 19.1 Å². The Morgan fingerprint density at radius 2 is 2.27 bits per heavy atom. The number of hydrogen-bond donors (Lipinski definition) is 3. The Balaban J connectivity index is 2.19. The van der Waals surface area contributed by atoms with E-state index in [4.69, 9.17) is 0 Å². The molecule has 0 radical (unpaired) electrons. The molecule has 1 aromatic rings. The van der Waals surface area contributed by atoms with E-state index in [2.05, 4.69) is 10.6 Å². The highest BCUT2D eigenvalue weighted by atomic mass is 32.2. The lowest BCUT2D eigenvalue weighted by atomic mass is 10.1. The smallest absolute Gasteiger partial charge is 0.262 e. The van der Waals surface area contributed by atoms with Gasteiger partial charge in [0, 0.05) is 25.0 Å². The van der Waals surface area contributed by atoms with Crippen LogP contribution in [0.3, 0.4) is 0 Å². The average molecular weight is 374 g/mol. The highest BCUT2D eigenvalue weighted by molar-refractivity contribution is 8.05. The molecule has 7 nitrogen and oxygen atoms in total. The van der Waals surface area contributed by atoms with Crippen molar-refractivity contribution in [3.8, 4) is 6.07 Å². The van der Waals surface area contributed by atoms with E-state index in [0.29, 0.717) is 18.0 Å². The maximum Gasteiger partial charge on any atom is 0.262 e. The Bertz CT molecular complexity index is 744. The van der Waals surface area contributed by atoms with Gasteiger partial charge in [0.05, 0.1) is 17.6 Å². The van der Waals surface area contributed by atoms with E-state index < -0.39 is 11.3 Å². The fraction of sp³-hybridized carbons (Fsp3) is 0.389. The summed E-state index contributed by atoms with van der Waals surface area (Å²) in [5, 5.41) is 23.7. The van der Waals surface area contributed by atoms with Gasteiger partial charge in [-0.05, 0) is 31.5 Å². The van der Waals surface area contributed by atoms with Crippen molar-refractivity contribution in [3.05, 3.63) is 40.9 Å². The van der Waals surface area contributed by atoms with Crippen LogP contribution >= 0.6 is 11.8 Å². The Kier molecular flexibility index (Phi) is 7.06. The third kappa shape index (κ3) is 4.36. The number of amides is 2. The maximum atomic E-state index is 12.6. The van der Waals surface area contributed by atoms with Crippen LogP contribution in [0.25, 0.3) is 0 Å². The number of benzene rings is 1. The largest absolute Gasteiger partial charge is 0.392 e. The summed E-state index contributed by atoms with van der Waals surface area (Å²) in [5.41, 5.74) is 1.50. The third-order valence-corrected chi connectivity index (χ3v) is 5.22. The van der Waals surface area contributed by atoms with E-state index >= 15 is 0 Å². The lowest BCUT2D eigenvalue weighted by Gasteiger charge is -2.24. The van der Waals surface area contributed by atoms with Crippen LogP contribution in [0.5, 0.6) is 0 Å². The number of thioether (sulfide) groups is 1. The minimum atomic E-state index is -0.938. The van der Waals surface area contributed by atoms with Gasteiger partial charge in [0.2, 0.25) is 5.91 Å². The lowest BCUT2D eigenvalue weighted by molar-refractivity contribution is -0.128. The first-order valence-corrected chi connectivity index (χ1v) is 9.25. The molecule has 0 aromatic heterocycles. The molecule has 1 aliphatic heterocycles. The van der Waals surface area contributed by atoms with Gasteiger partial charge in [-0.1, -0.05) is 23.9 Å². The molecular weight excluding hydrogens is 352 g/mol. The molecule has 3 N–H and O–H groups in total. The second-order valence-electron chi connectivity index (χ2n) is 5.61. The molecule has 1 saturated heterocycles. The molecule has 2 unspecified atom stereocenters. The number of anilines is 1. The highest BCUT2D eigenvalue weighted by Crippen LogP contribution is 2.38. The van der Waals surface area contributed by atoms with E-state index in [9.17, 15) is 20.0 Å². The minimum Gasteiger partial charge on any atom is -0.392 e. The number of likely N-dealkylation sites (N-methyl/N-ethyl adjacent to an activating group) is 1. The first-order valence-electron chi connectivity index (χ1n) is 8.37. The third-order valence-electron chi connectivity index (χ3n) is 3.90. The minimum absolute atomic E-state index is 0.0676. The Labute approximate surface area is 157 Å². The van der Waals surface area contributed by atoms with Crippen LogP contribution in [0.1, 0.15) is 19.4 Å². The monoisotopic (exact) mass is 374 g/mol. The quantitative estimate of drug-likeness (QED) is 0.627. The van der Waals surface area contributed by atoms with Gasteiger partial charge in [0.25, 0.3) is 5.91 Å². The van der Waals surface area contributed by atoms with Crippen LogP contribution in [-0.4, -0.2) is 40.3 Å². The van der Waals surface area contributed by atoms with Gasteiger partial charge in [0.1, 0.15) is 5.37 Å². The molecule has 1 heterocycles. The van der Waals surface area contributed by atoms with Crippen LogP contribution in [0, 0.1) is 17.2 Å². The van der Waals surface area contributed by atoms with Gasteiger partial charge in [-0.3, -0.25) is 9.59 Å². The molecule has 2 amide bonds. The van der Waals surface area contributed by atoms with Crippen molar-refractivity contribution in [2.75, 3.05) is 18.4 Å². The molecule has 8 heteroatoms. The summed E-state index contributed by atoms with van der Waals surface area (Å²) in [6.07, 6.45) is 1.58. The van der Waals surface area contributed by atoms with Gasteiger partial charge < -0.3 is 20.6 Å². The lowest BCUT2D eigenvalue weighted by Crippen LogP contribution is -2.43. The molecule has 1 aliphatic rings. The summed E-state index contributed by atoms with van der Waals surface area (Å²) in [6.45, 7) is 4.37. The summed E-state index contributed by atoms with van der Waals surface area (Å²) < 4.78 is 0. The number of aliphatic hydroxyl groups is 1. The fourth-order valence-electron chi connectivity index (χ4n) is 2.61. The Morgan fingerprint density at radius 3 is 2.88 bits per heavy atom. The molecule has 0 aliphatic carbocycles. The Hall–Kier alpha value is -2.50. The first-order chi connectivity index (χ1) is 12.5. The van der Waals surface area contributed by atoms with Gasteiger partial charge >= 0.3 is 0 Å². The van der Waals surface area contributed by atoms with Crippen molar-refractivity contribution >= 4 is 29.3 Å². The van der Waals surface area contributed by atoms with Crippen LogP contribution in [0.4, 0.5) is 5.69 Å². The predicted molar refractivity (Wildman–Crippen MR) is 101 cm³/mol. The van der Waals surface area contributed by atoms with Crippen molar-refractivity contribution in [1.82, 2.24) is 10.2 Å². The molecule has 0 spiro atoms. The number of nitriles is 1. The van der Waals surface area contributed by atoms with E-state index in [-0.39, 0.29) is 18.4 Å². The zero-order valence-electron chi connectivity index (χ0n) is 14.7. The number of nitrogens with one attached hydrogen (secondary N) is 2. The summed E-state index contributed by atoms with van der Waals surface area (Å²) in [6, 6.07) is 9.22. The summed E-state index contributed by atoms with van der Waals surface area (Å²) >= 11 is 1.21. The number of nitrogens with zero attached hydrogens (tertiary/aromatic N) is 2. The van der Waals surface area contributed by atoms with Crippen molar-refractivity contribution in [3.63, 3.8) is 0 Å². The Morgan fingerprint density at radius 1 is 1.50 bits per heavy atom. The second kappa shape index (κ2) is 9.27. The molecule has 0 saturated carbocycles. The zero-order chi connectivity index (χ0) is 19.1. The number of hydrogen-bond acceptors (Lipinski definition) is 6. The number of aliphatic hydroxyl groups excluding tert-OH is 1. The first kappa shape index (κ1) is 19.8. The van der Waals surface area contributed by atoms with Crippen LogP contribution in [-0.2, 0) is 16.2 Å². The highest BCUT2D eigenvalue weighted by Gasteiger charge is 2.43. The van der Waals surface area contributed by atoms with Gasteiger partial charge in [-0.2, -0.15) is 5.26 Å². The average Bonchev–Trinajstić information content (AvgIpc) is 2.96. The molecule has 0 bridgehead atoms. The summed E-state index contributed by atoms with van der Waals surface area (Å²) in [4.78, 5) is 26.7. The number of carbonyl (C=O) groups excluding carboxylic acids is 2. The second-order valence-corrected chi connectivity index (χ2v) is 6.77. The molecule has 1 aromatic carbocycles. The van der Waals surface area contributed by atoms with Gasteiger partial charge in [0.15, 0.2) is 5.92 Å². The standard InChI is InChI=1S/C18H22N4O3S/c1-3-20-16(24)14(9-19)18-22(4-2)17(25)15(26-18)10-21-13-7-5-6-12(8-13)11-23/h5-8,10,14,18,21,23H,3-4,11H2,1-2H3,(H,20,24)/b15-10+. The molecule has 26 heavy (non-hydrogen) atoms. The van der Waals surface area contributed by atoms with E-state index in [1.165, 1.54) is 16.7 Å². The summed E-state index contributed by atoms with van der Waals surface area (Å²) in [7, 11) is 0. The molecule has 2 atom stereocenters.